The molecule has 0 unspecified atom stereocenters. The summed E-state index contributed by atoms with van der Waals surface area (Å²) in [5.41, 5.74) is 13.3. The molecule has 6 heteroatoms. The molecule has 5 nitrogen and oxygen atoms in total. The van der Waals surface area contributed by atoms with Crippen LogP contribution in [0.4, 0.5) is 0 Å². The minimum Gasteiger partial charge on any atom is -0.509 e. The van der Waals surface area contributed by atoms with Crippen LogP contribution in [0.1, 0.15) is 94.6 Å². The van der Waals surface area contributed by atoms with Gasteiger partial charge in [-0.2, -0.15) is 11.2 Å². The summed E-state index contributed by atoms with van der Waals surface area (Å²) in [5, 5.41) is 7.51. The third-order valence-electron chi connectivity index (χ3n) is 10.1. The van der Waals surface area contributed by atoms with Crippen molar-refractivity contribution in [3.63, 3.8) is 0 Å². The van der Waals surface area contributed by atoms with Crippen LogP contribution in [-0.4, -0.2) is 19.3 Å². The van der Waals surface area contributed by atoms with Crippen molar-refractivity contribution >= 4 is 21.8 Å². The molecule has 0 saturated heterocycles. The molecule has 0 bridgehead atoms. The molecule has 0 N–H and O–H groups in total. The molecule has 3 heterocycles. The molecule has 4 aromatic carbocycles. The average Bonchev–Trinajstić information content (AvgIpc) is 3.58. The van der Waals surface area contributed by atoms with Crippen LogP contribution in [-0.2, 0) is 38.3 Å². The van der Waals surface area contributed by atoms with Crippen molar-refractivity contribution in [2.45, 2.75) is 100 Å². The first-order valence-electron chi connectivity index (χ1n) is 18.8. The van der Waals surface area contributed by atoms with Crippen molar-refractivity contribution in [2.24, 2.45) is 5.92 Å². The van der Waals surface area contributed by atoms with E-state index >= 15 is 0 Å². The molecule has 0 aliphatic heterocycles. The second kappa shape index (κ2) is 14.6. The van der Waals surface area contributed by atoms with Gasteiger partial charge in [-0.15, -0.1) is 41.3 Å². The molecule has 0 aliphatic carbocycles. The zero-order valence-electron chi connectivity index (χ0n) is 33.8. The van der Waals surface area contributed by atoms with E-state index in [1.54, 1.807) is 0 Å². The summed E-state index contributed by atoms with van der Waals surface area (Å²) in [6, 6.07) is 33.1. The first-order chi connectivity index (χ1) is 25.0. The third-order valence-corrected chi connectivity index (χ3v) is 10.1. The molecule has 0 saturated carbocycles. The van der Waals surface area contributed by atoms with Crippen LogP contribution < -0.4 is 4.74 Å². The van der Waals surface area contributed by atoms with Crippen molar-refractivity contribution < 1.29 is 25.8 Å². The summed E-state index contributed by atoms with van der Waals surface area (Å²) in [5.74, 6) is 2.67. The number of fused-ring (bicyclic) bond motifs is 3. The average molecular weight is 896 g/mol. The normalized spacial score (nSPS) is 12.2. The Morgan fingerprint density at radius 3 is 2.11 bits per heavy atom. The van der Waals surface area contributed by atoms with E-state index in [9.17, 15) is 0 Å². The van der Waals surface area contributed by atoms with E-state index in [1.165, 1.54) is 33.4 Å². The van der Waals surface area contributed by atoms with Gasteiger partial charge in [-0.3, -0.25) is 4.68 Å². The number of ether oxygens (including phenoxy) is 1. The fourth-order valence-electron chi connectivity index (χ4n) is 7.87. The Bertz CT molecular complexity index is 2480. The molecule has 7 aromatic rings. The number of rotatable bonds is 7. The van der Waals surface area contributed by atoms with Gasteiger partial charge in [-0.25, -0.2) is 4.98 Å². The van der Waals surface area contributed by atoms with Crippen molar-refractivity contribution in [3.05, 3.63) is 130 Å². The van der Waals surface area contributed by atoms with Crippen LogP contribution in [0.3, 0.4) is 0 Å². The van der Waals surface area contributed by atoms with Gasteiger partial charge in [0.05, 0.1) is 11.4 Å². The fraction of sp³-hybridized carbons (Fsp3) is 0.333. The summed E-state index contributed by atoms with van der Waals surface area (Å²) in [7, 11) is 0. The summed E-state index contributed by atoms with van der Waals surface area (Å²) >= 11 is 0. The van der Waals surface area contributed by atoms with E-state index in [4.69, 9.17) is 14.8 Å². The summed E-state index contributed by atoms with van der Waals surface area (Å²) in [4.78, 5) is 4.85. The molecular formula is C48H52N4OPt. The zero-order valence-corrected chi connectivity index (χ0v) is 36.1. The second-order valence-electron chi connectivity index (χ2n) is 17.3. The Morgan fingerprint density at radius 1 is 0.741 bits per heavy atom. The maximum Gasteiger partial charge on any atom is 2.00 e. The number of benzene rings is 4. The molecule has 0 fully saturated rings. The van der Waals surface area contributed by atoms with E-state index in [-0.39, 0.29) is 31.9 Å². The third kappa shape index (κ3) is 7.45. The number of nitrogens with zero attached hydrogens (tertiary/aromatic N) is 4. The summed E-state index contributed by atoms with van der Waals surface area (Å²) < 4.78 is 11.1. The van der Waals surface area contributed by atoms with E-state index in [0.29, 0.717) is 17.4 Å². The molecule has 7 rings (SSSR count). The second-order valence-corrected chi connectivity index (χ2v) is 17.3. The van der Waals surface area contributed by atoms with Crippen LogP contribution in [0, 0.1) is 45.7 Å². The standard InChI is InChI=1S/C48H52N4O.Pt/c1-29(2)21-34-19-20-49-43(24-34)51-41-16-14-13-15-39(41)40-18-17-37(28-42(40)51)53-38-26-35(47(7,8)9)25-36(27-38)52-46(48(10,11)12)45(33(6)50-52)44-31(4)22-30(3)23-32(44)5;/h13-20,22-26,29H,21H2,1-12H3;/q-2;+2. The smallest absolute Gasteiger partial charge is 0.509 e. The zero-order chi connectivity index (χ0) is 38.0. The van der Waals surface area contributed by atoms with Gasteiger partial charge in [0.15, 0.2) is 0 Å². The van der Waals surface area contributed by atoms with Crippen LogP contribution >= 0.6 is 0 Å². The Labute approximate surface area is 336 Å². The first-order valence-corrected chi connectivity index (χ1v) is 18.8. The van der Waals surface area contributed by atoms with Crippen LogP contribution in [0.5, 0.6) is 11.5 Å². The van der Waals surface area contributed by atoms with Gasteiger partial charge >= 0.3 is 21.1 Å². The van der Waals surface area contributed by atoms with Gasteiger partial charge in [0.1, 0.15) is 5.82 Å². The number of aromatic nitrogens is 4. The quantitative estimate of drug-likeness (QED) is 0.150. The van der Waals surface area contributed by atoms with Crippen molar-refractivity contribution in [3.8, 4) is 34.1 Å². The predicted molar refractivity (Wildman–Crippen MR) is 220 cm³/mol. The predicted octanol–water partition coefficient (Wildman–Crippen LogP) is 12.4. The minimum absolute atomic E-state index is 0. The monoisotopic (exact) mass is 895 g/mol. The Balaban J connectivity index is 0.00000497. The van der Waals surface area contributed by atoms with Crippen molar-refractivity contribution in [2.75, 3.05) is 0 Å². The first kappa shape index (κ1) is 39.2. The van der Waals surface area contributed by atoms with Crippen LogP contribution in [0.25, 0.3) is 44.4 Å². The number of para-hydroxylation sites is 1. The van der Waals surface area contributed by atoms with Crippen LogP contribution in [0.15, 0.2) is 79.0 Å². The summed E-state index contributed by atoms with van der Waals surface area (Å²) in [6.45, 7) is 26.7. The molecule has 0 aliphatic rings. The van der Waals surface area contributed by atoms with E-state index in [1.807, 2.05) is 12.3 Å². The Kier molecular flexibility index (Phi) is 10.6. The Morgan fingerprint density at radius 2 is 1.44 bits per heavy atom. The molecule has 0 atom stereocenters. The van der Waals surface area contributed by atoms with Gasteiger partial charge in [-0.05, 0) is 97.0 Å². The number of hydrogen-bond donors (Lipinski definition) is 0. The number of aryl methyl sites for hydroxylation is 4. The SMILES string of the molecule is Cc1cc(C)c(-c2c(C)nn(-c3[c-]c(Oc4[c-]c5c(cc4)c4ccccc4n5-c4cc(CC(C)C)ccn4)cc(C(C)(C)C)c3)c2C(C)(C)C)c(C)c1.[Pt+2]. The molecular weight excluding hydrogens is 844 g/mol. The van der Waals surface area contributed by atoms with Gasteiger partial charge in [-0.1, -0.05) is 96.8 Å². The molecule has 0 amide bonds. The van der Waals surface area contributed by atoms with Crippen LogP contribution in [0.2, 0.25) is 0 Å². The fourth-order valence-corrected chi connectivity index (χ4v) is 7.87. The molecule has 0 spiro atoms. The summed E-state index contributed by atoms with van der Waals surface area (Å²) in [6.07, 6.45) is 2.91. The molecule has 54 heavy (non-hydrogen) atoms. The van der Waals surface area contributed by atoms with Gasteiger partial charge in [0, 0.05) is 34.2 Å². The van der Waals surface area contributed by atoms with Crippen molar-refractivity contribution in [1.29, 1.82) is 0 Å². The Hall–Kier alpha value is -4.47. The number of hydrogen-bond acceptors (Lipinski definition) is 3. The largest absolute Gasteiger partial charge is 2.00 e. The minimum atomic E-state index is -0.209. The van der Waals surface area contributed by atoms with Gasteiger partial charge in [0.25, 0.3) is 0 Å². The van der Waals surface area contributed by atoms with Gasteiger partial charge < -0.3 is 9.30 Å². The molecule has 0 radical (unpaired) electrons. The van der Waals surface area contributed by atoms with Crippen molar-refractivity contribution in [1.82, 2.24) is 19.3 Å². The van der Waals surface area contributed by atoms with Gasteiger partial charge in [0.2, 0.25) is 0 Å². The molecule has 3 aromatic heterocycles. The maximum atomic E-state index is 6.76. The maximum absolute atomic E-state index is 6.76. The molecule has 280 valence electrons. The van der Waals surface area contributed by atoms with E-state index in [2.05, 4.69) is 171 Å². The topological polar surface area (TPSA) is 44.9 Å². The number of pyridine rings is 1. The van der Waals surface area contributed by atoms with E-state index < -0.39 is 0 Å². The van der Waals surface area contributed by atoms with E-state index in [0.717, 1.165) is 56.7 Å².